The number of nitrogens with one attached hydrogen (secondary N) is 1. The third-order valence-electron chi connectivity index (χ3n) is 4.50. The van der Waals surface area contributed by atoms with Gasteiger partial charge >= 0.3 is 0 Å². The SMILES string of the molecule is COCCCn1c(SCC(=O)NCc2ccc(C)cc2)nc2ccccc2c1=O. The number of nitrogens with zero attached hydrogens (tertiary/aromatic N) is 2. The summed E-state index contributed by atoms with van der Waals surface area (Å²) >= 11 is 1.28. The molecule has 1 aromatic heterocycles. The molecule has 2 aromatic carbocycles. The third-order valence-corrected chi connectivity index (χ3v) is 5.48. The molecule has 0 aliphatic rings. The second kappa shape index (κ2) is 10.2. The summed E-state index contributed by atoms with van der Waals surface area (Å²) in [5.41, 5.74) is 2.79. The Hall–Kier alpha value is -2.64. The number of aromatic nitrogens is 2. The van der Waals surface area contributed by atoms with Crippen molar-refractivity contribution in [3.8, 4) is 0 Å². The minimum absolute atomic E-state index is 0.0886. The molecule has 152 valence electrons. The zero-order valence-electron chi connectivity index (χ0n) is 16.7. The number of benzene rings is 2. The summed E-state index contributed by atoms with van der Waals surface area (Å²) in [6, 6.07) is 15.3. The molecule has 3 aromatic rings. The molecule has 0 fully saturated rings. The van der Waals surface area contributed by atoms with Crippen LogP contribution in [0.25, 0.3) is 10.9 Å². The molecule has 0 aliphatic heterocycles. The predicted octanol–water partition coefficient (Wildman–Crippen LogP) is 3.15. The molecule has 29 heavy (non-hydrogen) atoms. The quantitative estimate of drug-likeness (QED) is 0.333. The number of fused-ring (bicyclic) bond motifs is 1. The van der Waals surface area contributed by atoms with Gasteiger partial charge in [0.15, 0.2) is 5.16 Å². The number of hydrogen-bond acceptors (Lipinski definition) is 5. The highest BCUT2D eigenvalue weighted by molar-refractivity contribution is 7.99. The van der Waals surface area contributed by atoms with Gasteiger partial charge in [0.05, 0.1) is 16.7 Å². The first-order valence-electron chi connectivity index (χ1n) is 9.52. The molecule has 0 unspecified atom stereocenters. The van der Waals surface area contributed by atoms with E-state index in [1.54, 1.807) is 17.7 Å². The van der Waals surface area contributed by atoms with Crippen LogP contribution in [-0.2, 0) is 22.6 Å². The van der Waals surface area contributed by atoms with Gasteiger partial charge in [0, 0.05) is 26.8 Å². The van der Waals surface area contributed by atoms with Crippen molar-refractivity contribution in [1.29, 1.82) is 0 Å². The topological polar surface area (TPSA) is 73.2 Å². The van der Waals surface area contributed by atoms with Crippen LogP contribution in [0.4, 0.5) is 0 Å². The smallest absolute Gasteiger partial charge is 0.262 e. The average molecular weight is 412 g/mol. The minimum Gasteiger partial charge on any atom is -0.385 e. The maximum absolute atomic E-state index is 12.9. The fourth-order valence-electron chi connectivity index (χ4n) is 2.91. The summed E-state index contributed by atoms with van der Waals surface area (Å²) in [7, 11) is 1.63. The predicted molar refractivity (Wildman–Crippen MR) is 116 cm³/mol. The zero-order chi connectivity index (χ0) is 20.6. The summed E-state index contributed by atoms with van der Waals surface area (Å²) in [5, 5.41) is 4.05. The summed E-state index contributed by atoms with van der Waals surface area (Å²) < 4.78 is 6.74. The summed E-state index contributed by atoms with van der Waals surface area (Å²) in [6.07, 6.45) is 0.698. The Morgan fingerprint density at radius 1 is 1.17 bits per heavy atom. The fourth-order valence-corrected chi connectivity index (χ4v) is 3.76. The minimum atomic E-state index is -0.0959. The van der Waals surface area contributed by atoms with Crippen LogP contribution in [0.5, 0.6) is 0 Å². The lowest BCUT2D eigenvalue weighted by molar-refractivity contribution is -0.118. The van der Waals surface area contributed by atoms with E-state index in [0.29, 0.717) is 42.2 Å². The van der Waals surface area contributed by atoms with Crippen LogP contribution in [0.1, 0.15) is 17.5 Å². The number of thioether (sulfide) groups is 1. The van der Waals surface area contributed by atoms with Crippen molar-refractivity contribution >= 4 is 28.6 Å². The van der Waals surface area contributed by atoms with Gasteiger partial charge in [-0.05, 0) is 31.0 Å². The fraction of sp³-hybridized carbons (Fsp3) is 0.318. The number of carbonyl (C=O) groups excluding carboxylic acids is 1. The standard InChI is InChI=1S/C22H25N3O3S/c1-16-8-10-17(11-9-16)14-23-20(26)15-29-22-24-19-7-4-3-6-18(19)21(27)25(22)12-5-13-28-2/h3-4,6-11H,5,12-15H2,1-2H3,(H,23,26). The van der Waals surface area contributed by atoms with Gasteiger partial charge in [-0.2, -0.15) is 0 Å². The van der Waals surface area contributed by atoms with Gasteiger partial charge in [-0.25, -0.2) is 4.98 Å². The van der Waals surface area contributed by atoms with E-state index in [4.69, 9.17) is 4.74 Å². The van der Waals surface area contributed by atoms with Gasteiger partial charge in [-0.3, -0.25) is 14.2 Å². The number of para-hydroxylation sites is 1. The van der Waals surface area contributed by atoms with E-state index >= 15 is 0 Å². The molecule has 0 atom stereocenters. The summed E-state index contributed by atoms with van der Waals surface area (Å²) in [5.74, 6) is 0.0995. The van der Waals surface area contributed by atoms with Crippen LogP contribution < -0.4 is 10.9 Å². The van der Waals surface area contributed by atoms with Gasteiger partial charge in [0.2, 0.25) is 5.91 Å². The van der Waals surface area contributed by atoms with E-state index in [1.807, 2.05) is 49.4 Å². The van der Waals surface area contributed by atoms with Gasteiger partial charge in [0.1, 0.15) is 0 Å². The van der Waals surface area contributed by atoms with Crippen molar-refractivity contribution in [2.45, 2.75) is 31.6 Å². The van der Waals surface area contributed by atoms with Crippen LogP contribution in [0.2, 0.25) is 0 Å². The lowest BCUT2D eigenvalue weighted by Crippen LogP contribution is -2.27. The maximum atomic E-state index is 12.9. The molecule has 0 radical (unpaired) electrons. The first-order chi connectivity index (χ1) is 14.1. The highest BCUT2D eigenvalue weighted by atomic mass is 32.2. The average Bonchev–Trinajstić information content (AvgIpc) is 2.73. The molecular weight excluding hydrogens is 386 g/mol. The van der Waals surface area contributed by atoms with Gasteiger partial charge < -0.3 is 10.1 Å². The molecule has 0 saturated carbocycles. The van der Waals surface area contributed by atoms with Gasteiger partial charge in [0.25, 0.3) is 5.56 Å². The molecule has 1 heterocycles. The Morgan fingerprint density at radius 3 is 2.69 bits per heavy atom. The number of ether oxygens (including phenoxy) is 1. The van der Waals surface area contributed by atoms with E-state index in [-0.39, 0.29) is 17.2 Å². The molecular formula is C22H25N3O3S. The number of aryl methyl sites for hydroxylation is 1. The lowest BCUT2D eigenvalue weighted by atomic mass is 10.1. The molecule has 0 bridgehead atoms. The monoisotopic (exact) mass is 411 g/mol. The van der Waals surface area contributed by atoms with E-state index < -0.39 is 0 Å². The molecule has 6 nitrogen and oxygen atoms in total. The second-order valence-corrected chi connectivity index (χ2v) is 7.71. The van der Waals surface area contributed by atoms with Crippen LogP contribution in [-0.4, -0.2) is 34.9 Å². The largest absolute Gasteiger partial charge is 0.385 e. The first-order valence-corrected chi connectivity index (χ1v) is 10.5. The number of hydrogen-bond donors (Lipinski definition) is 1. The van der Waals surface area contributed by atoms with Crippen LogP contribution >= 0.6 is 11.8 Å². The Kier molecular flexibility index (Phi) is 7.43. The zero-order valence-corrected chi connectivity index (χ0v) is 17.5. The Labute approximate surface area is 174 Å². The van der Waals surface area contributed by atoms with Gasteiger partial charge in [-0.1, -0.05) is 53.7 Å². The number of methoxy groups -OCH3 is 1. The van der Waals surface area contributed by atoms with Crippen molar-refractivity contribution in [3.63, 3.8) is 0 Å². The Bertz CT molecular complexity index is 1030. The first kappa shape index (κ1) is 21.1. The molecule has 0 aliphatic carbocycles. The van der Waals surface area contributed by atoms with Gasteiger partial charge in [-0.15, -0.1) is 0 Å². The van der Waals surface area contributed by atoms with E-state index in [9.17, 15) is 9.59 Å². The van der Waals surface area contributed by atoms with E-state index in [2.05, 4.69) is 10.3 Å². The van der Waals surface area contributed by atoms with E-state index in [0.717, 1.165) is 5.56 Å². The molecule has 1 amide bonds. The molecule has 3 rings (SSSR count). The lowest BCUT2D eigenvalue weighted by Gasteiger charge is -2.13. The molecule has 1 N–H and O–H groups in total. The van der Waals surface area contributed by atoms with Crippen LogP contribution in [0.3, 0.4) is 0 Å². The van der Waals surface area contributed by atoms with Crippen molar-refractivity contribution in [3.05, 3.63) is 70.0 Å². The Morgan fingerprint density at radius 2 is 1.93 bits per heavy atom. The third kappa shape index (κ3) is 5.68. The summed E-state index contributed by atoms with van der Waals surface area (Å²) in [4.78, 5) is 29.8. The van der Waals surface area contributed by atoms with Crippen molar-refractivity contribution < 1.29 is 9.53 Å². The van der Waals surface area contributed by atoms with E-state index in [1.165, 1.54) is 17.3 Å². The number of rotatable bonds is 9. The number of carbonyl (C=O) groups is 1. The van der Waals surface area contributed by atoms with Crippen molar-refractivity contribution in [2.24, 2.45) is 0 Å². The molecule has 0 spiro atoms. The maximum Gasteiger partial charge on any atom is 0.262 e. The second-order valence-electron chi connectivity index (χ2n) is 6.77. The van der Waals surface area contributed by atoms with Crippen LogP contribution in [0.15, 0.2) is 58.5 Å². The Balaban J connectivity index is 1.70. The van der Waals surface area contributed by atoms with Crippen molar-refractivity contribution in [2.75, 3.05) is 19.5 Å². The summed E-state index contributed by atoms with van der Waals surface area (Å²) in [6.45, 7) is 3.56. The normalized spacial score (nSPS) is 11.0. The highest BCUT2D eigenvalue weighted by Gasteiger charge is 2.13. The number of amides is 1. The van der Waals surface area contributed by atoms with Crippen molar-refractivity contribution in [1.82, 2.24) is 14.9 Å². The van der Waals surface area contributed by atoms with Crippen LogP contribution in [0, 0.1) is 6.92 Å². The molecule has 0 saturated heterocycles. The highest BCUT2D eigenvalue weighted by Crippen LogP contribution is 2.18. The molecule has 7 heteroatoms.